The molecule has 0 saturated carbocycles. The summed E-state index contributed by atoms with van der Waals surface area (Å²) >= 11 is 6.44. The molecule has 2 nitrogen and oxygen atoms in total. The molecule has 0 heterocycles. The Kier molecular flexibility index (Phi) is 5.66. The zero-order valence-corrected chi connectivity index (χ0v) is 13.7. The number of nitrogens with zero attached hydrogens (tertiary/aromatic N) is 1. The average Bonchev–Trinajstić information content (AvgIpc) is 2.46. The van der Waals surface area contributed by atoms with Gasteiger partial charge in [0.05, 0.1) is 10.7 Å². The van der Waals surface area contributed by atoms with E-state index in [0.717, 1.165) is 23.8 Å². The highest BCUT2D eigenvalue weighted by Gasteiger charge is 2.08. The summed E-state index contributed by atoms with van der Waals surface area (Å²) in [6.07, 6.45) is 0. The number of halogens is 1. The highest BCUT2D eigenvalue weighted by Crippen LogP contribution is 2.27. The van der Waals surface area contributed by atoms with Crippen LogP contribution in [0.5, 0.6) is 0 Å². The topological polar surface area (TPSA) is 15.3 Å². The molecule has 0 atom stereocenters. The van der Waals surface area contributed by atoms with E-state index in [1.54, 1.807) is 0 Å². The van der Waals surface area contributed by atoms with Gasteiger partial charge in [-0.05, 0) is 23.3 Å². The largest absolute Gasteiger partial charge is 0.369 e. The third-order valence-electron chi connectivity index (χ3n) is 3.40. The summed E-state index contributed by atoms with van der Waals surface area (Å²) in [6.45, 7) is 5.98. The van der Waals surface area contributed by atoms with Gasteiger partial charge in [0.1, 0.15) is 0 Å². The van der Waals surface area contributed by atoms with Crippen LogP contribution in [0.3, 0.4) is 0 Å². The average molecular weight is 303 g/mol. The van der Waals surface area contributed by atoms with Crippen LogP contribution in [0.2, 0.25) is 5.02 Å². The molecule has 0 fully saturated rings. The lowest BCUT2D eigenvalue weighted by molar-refractivity contribution is 0.589. The quantitative estimate of drug-likeness (QED) is 0.846. The van der Waals surface area contributed by atoms with Crippen molar-refractivity contribution in [1.29, 1.82) is 0 Å². The van der Waals surface area contributed by atoms with Crippen LogP contribution in [0, 0.1) is 0 Å². The number of hydrogen-bond donors (Lipinski definition) is 1. The zero-order valence-electron chi connectivity index (χ0n) is 12.9. The van der Waals surface area contributed by atoms with Gasteiger partial charge in [-0.1, -0.05) is 61.8 Å². The molecule has 1 N–H and O–H groups in total. The van der Waals surface area contributed by atoms with E-state index in [0.29, 0.717) is 6.04 Å². The molecule has 2 rings (SSSR count). The number of anilines is 1. The number of hydrogen-bond acceptors (Lipinski definition) is 2. The summed E-state index contributed by atoms with van der Waals surface area (Å²) in [6, 6.07) is 17.2. The Morgan fingerprint density at radius 3 is 2.38 bits per heavy atom. The molecule has 0 saturated heterocycles. The molecule has 112 valence electrons. The molecule has 0 spiro atoms. The van der Waals surface area contributed by atoms with Crippen molar-refractivity contribution in [3.05, 3.63) is 64.7 Å². The fourth-order valence-corrected chi connectivity index (χ4v) is 2.58. The van der Waals surface area contributed by atoms with Gasteiger partial charge < -0.3 is 10.2 Å². The predicted molar refractivity (Wildman–Crippen MR) is 92.0 cm³/mol. The van der Waals surface area contributed by atoms with Crippen LogP contribution >= 0.6 is 11.6 Å². The molecule has 3 heteroatoms. The van der Waals surface area contributed by atoms with Crippen molar-refractivity contribution in [1.82, 2.24) is 5.32 Å². The summed E-state index contributed by atoms with van der Waals surface area (Å²) in [4.78, 5) is 2.18. The minimum atomic E-state index is 0.476. The zero-order chi connectivity index (χ0) is 15.2. The smallest absolute Gasteiger partial charge is 0.0642 e. The Hall–Kier alpha value is -1.51. The molecule has 0 unspecified atom stereocenters. The standard InChI is InChI=1S/C18H23ClN2/c1-14(2)20-12-16-9-10-18(17(19)11-16)21(3)13-15-7-5-4-6-8-15/h4-11,14,20H,12-13H2,1-3H3. The van der Waals surface area contributed by atoms with Crippen LogP contribution in [-0.4, -0.2) is 13.1 Å². The summed E-state index contributed by atoms with van der Waals surface area (Å²) in [7, 11) is 2.07. The molecular weight excluding hydrogens is 280 g/mol. The van der Waals surface area contributed by atoms with Gasteiger partial charge >= 0.3 is 0 Å². The van der Waals surface area contributed by atoms with Crippen LogP contribution in [0.4, 0.5) is 5.69 Å². The van der Waals surface area contributed by atoms with Crippen molar-refractivity contribution >= 4 is 17.3 Å². The number of rotatable bonds is 6. The first-order chi connectivity index (χ1) is 10.1. The number of nitrogens with one attached hydrogen (secondary N) is 1. The van der Waals surface area contributed by atoms with Gasteiger partial charge in [-0.2, -0.15) is 0 Å². The monoisotopic (exact) mass is 302 g/mol. The van der Waals surface area contributed by atoms with E-state index in [4.69, 9.17) is 11.6 Å². The fourth-order valence-electron chi connectivity index (χ4n) is 2.23. The molecule has 0 amide bonds. The minimum absolute atomic E-state index is 0.476. The van der Waals surface area contributed by atoms with Crippen molar-refractivity contribution in [3.63, 3.8) is 0 Å². The van der Waals surface area contributed by atoms with Gasteiger partial charge in [-0.15, -0.1) is 0 Å². The maximum atomic E-state index is 6.44. The molecular formula is C18H23ClN2. The lowest BCUT2D eigenvalue weighted by atomic mass is 10.1. The summed E-state index contributed by atoms with van der Waals surface area (Å²) < 4.78 is 0. The molecule has 2 aromatic rings. The van der Waals surface area contributed by atoms with E-state index in [9.17, 15) is 0 Å². The van der Waals surface area contributed by atoms with Crippen LogP contribution in [-0.2, 0) is 13.1 Å². The first-order valence-electron chi connectivity index (χ1n) is 7.33. The van der Waals surface area contributed by atoms with E-state index in [-0.39, 0.29) is 0 Å². The second-order valence-electron chi connectivity index (χ2n) is 5.66. The highest BCUT2D eigenvalue weighted by molar-refractivity contribution is 6.33. The second-order valence-corrected chi connectivity index (χ2v) is 6.07. The Morgan fingerprint density at radius 2 is 1.76 bits per heavy atom. The van der Waals surface area contributed by atoms with E-state index >= 15 is 0 Å². The lowest BCUT2D eigenvalue weighted by Crippen LogP contribution is -2.22. The molecule has 21 heavy (non-hydrogen) atoms. The van der Waals surface area contributed by atoms with Crippen molar-refractivity contribution in [3.8, 4) is 0 Å². The van der Waals surface area contributed by atoms with Crippen molar-refractivity contribution in [2.24, 2.45) is 0 Å². The molecule has 0 bridgehead atoms. The molecule has 0 radical (unpaired) electrons. The Balaban J connectivity index is 2.06. The Bertz CT molecular complexity index is 567. The SMILES string of the molecule is CC(C)NCc1ccc(N(C)Cc2ccccc2)c(Cl)c1. The van der Waals surface area contributed by atoms with Gasteiger partial charge in [-0.25, -0.2) is 0 Å². The van der Waals surface area contributed by atoms with Gasteiger partial charge in [-0.3, -0.25) is 0 Å². The van der Waals surface area contributed by atoms with Crippen molar-refractivity contribution < 1.29 is 0 Å². The van der Waals surface area contributed by atoms with E-state index in [1.165, 1.54) is 11.1 Å². The molecule has 0 aromatic heterocycles. The predicted octanol–water partition coefficient (Wildman–Crippen LogP) is 4.47. The Morgan fingerprint density at radius 1 is 1.05 bits per heavy atom. The van der Waals surface area contributed by atoms with Crippen molar-refractivity contribution in [2.75, 3.05) is 11.9 Å². The molecule has 2 aromatic carbocycles. The normalized spacial score (nSPS) is 10.9. The molecule has 0 aliphatic carbocycles. The highest BCUT2D eigenvalue weighted by atomic mass is 35.5. The van der Waals surface area contributed by atoms with E-state index in [1.807, 2.05) is 12.1 Å². The van der Waals surface area contributed by atoms with Gasteiger partial charge in [0, 0.05) is 26.2 Å². The lowest BCUT2D eigenvalue weighted by Gasteiger charge is -2.21. The molecule has 0 aliphatic rings. The Labute approximate surface area is 132 Å². The maximum Gasteiger partial charge on any atom is 0.0642 e. The summed E-state index contributed by atoms with van der Waals surface area (Å²) in [5, 5.41) is 4.21. The maximum absolute atomic E-state index is 6.44. The first kappa shape index (κ1) is 15.9. The number of benzene rings is 2. The summed E-state index contributed by atoms with van der Waals surface area (Å²) in [5.74, 6) is 0. The second kappa shape index (κ2) is 7.48. The van der Waals surface area contributed by atoms with Crippen LogP contribution in [0.25, 0.3) is 0 Å². The third-order valence-corrected chi connectivity index (χ3v) is 3.70. The van der Waals surface area contributed by atoms with Crippen LogP contribution in [0.1, 0.15) is 25.0 Å². The van der Waals surface area contributed by atoms with E-state index in [2.05, 4.69) is 67.5 Å². The van der Waals surface area contributed by atoms with E-state index < -0.39 is 0 Å². The molecule has 0 aliphatic heterocycles. The minimum Gasteiger partial charge on any atom is -0.369 e. The van der Waals surface area contributed by atoms with Crippen LogP contribution < -0.4 is 10.2 Å². The first-order valence-corrected chi connectivity index (χ1v) is 7.71. The van der Waals surface area contributed by atoms with Gasteiger partial charge in [0.15, 0.2) is 0 Å². The third kappa shape index (κ3) is 4.76. The van der Waals surface area contributed by atoms with Crippen molar-refractivity contribution in [2.45, 2.75) is 33.0 Å². The van der Waals surface area contributed by atoms with Gasteiger partial charge in [0.2, 0.25) is 0 Å². The van der Waals surface area contributed by atoms with Crippen LogP contribution in [0.15, 0.2) is 48.5 Å². The fraction of sp³-hybridized carbons (Fsp3) is 0.333. The van der Waals surface area contributed by atoms with Gasteiger partial charge in [0.25, 0.3) is 0 Å². The summed E-state index contributed by atoms with van der Waals surface area (Å²) in [5.41, 5.74) is 3.56.